The summed E-state index contributed by atoms with van der Waals surface area (Å²) in [6, 6.07) is 3.61. The van der Waals surface area contributed by atoms with Gasteiger partial charge in [0.05, 0.1) is 5.56 Å². The Kier molecular flexibility index (Phi) is 5.53. The number of pyridine rings is 1. The summed E-state index contributed by atoms with van der Waals surface area (Å²) >= 11 is 0. The van der Waals surface area contributed by atoms with Crippen molar-refractivity contribution < 1.29 is 14.3 Å². The van der Waals surface area contributed by atoms with Crippen LogP contribution in [-0.4, -0.2) is 66.0 Å². The van der Waals surface area contributed by atoms with Crippen molar-refractivity contribution in [2.45, 2.75) is 31.7 Å². The Labute approximate surface area is 148 Å². The van der Waals surface area contributed by atoms with E-state index in [1.807, 2.05) is 9.80 Å². The average Bonchev–Trinajstić information content (AvgIpc) is 2.63. The maximum atomic E-state index is 12.7. The third kappa shape index (κ3) is 3.92. The topological polar surface area (TPSA) is 88.8 Å². The summed E-state index contributed by atoms with van der Waals surface area (Å²) in [6.07, 6.45) is 4.64. The summed E-state index contributed by atoms with van der Waals surface area (Å²) in [7, 11) is 1.68. The molecule has 0 spiro atoms. The number of carbonyl (C=O) groups is 2. The minimum Gasteiger partial charge on any atom is -0.385 e. The first-order chi connectivity index (χ1) is 12.1. The lowest BCUT2D eigenvalue weighted by molar-refractivity contribution is -0.140. The molecule has 0 bridgehead atoms. The van der Waals surface area contributed by atoms with Gasteiger partial charge in [0.2, 0.25) is 5.91 Å². The molecule has 0 aromatic carbocycles. The van der Waals surface area contributed by atoms with Gasteiger partial charge in [0.15, 0.2) is 0 Å². The van der Waals surface area contributed by atoms with Crippen LogP contribution in [0.2, 0.25) is 0 Å². The Bertz CT molecular complexity index is 619. The highest BCUT2D eigenvalue weighted by molar-refractivity contribution is 5.94. The number of nitrogen functional groups attached to an aromatic ring is 1. The van der Waals surface area contributed by atoms with E-state index in [1.54, 1.807) is 19.2 Å². The molecule has 25 heavy (non-hydrogen) atoms. The van der Waals surface area contributed by atoms with Crippen LogP contribution in [0, 0.1) is 5.92 Å². The number of hydrogen-bond donors (Lipinski definition) is 1. The van der Waals surface area contributed by atoms with E-state index in [0.717, 1.165) is 25.8 Å². The second-order valence-corrected chi connectivity index (χ2v) is 6.81. The minimum absolute atomic E-state index is 0.00576. The van der Waals surface area contributed by atoms with E-state index in [2.05, 4.69) is 4.98 Å². The van der Waals surface area contributed by atoms with Gasteiger partial charge in [-0.25, -0.2) is 4.98 Å². The molecule has 0 unspecified atom stereocenters. The van der Waals surface area contributed by atoms with Crippen LogP contribution in [0.3, 0.4) is 0 Å². The number of likely N-dealkylation sites (tertiary alicyclic amines) is 2. The number of methoxy groups -OCH3 is 1. The molecule has 7 nitrogen and oxygen atoms in total. The molecule has 2 fully saturated rings. The largest absolute Gasteiger partial charge is 0.385 e. The number of carbonyl (C=O) groups excluding carboxylic acids is 2. The van der Waals surface area contributed by atoms with Gasteiger partial charge in [-0.05, 0) is 37.3 Å². The zero-order chi connectivity index (χ0) is 17.8. The SMILES string of the molecule is COCCCN1C(=O)CC[C@H]2CN(C(=O)c3ccc(N)nc3)CC[C@H]21. The Balaban J connectivity index is 1.64. The van der Waals surface area contributed by atoms with Gasteiger partial charge in [-0.1, -0.05) is 0 Å². The van der Waals surface area contributed by atoms with Crippen molar-refractivity contribution in [3.63, 3.8) is 0 Å². The van der Waals surface area contributed by atoms with Crippen molar-refractivity contribution in [1.29, 1.82) is 0 Å². The van der Waals surface area contributed by atoms with Gasteiger partial charge >= 0.3 is 0 Å². The van der Waals surface area contributed by atoms with Crippen LogP contribution in [-0.2, 0) is 9.53 Å². The smallest absolute Gasteiger partial charge is 0.255 e. The molecular weight excluding hydrogens is 320 g/mol. The fourth-order valence-corrected chi connectivity index (χ4v) is 3.92. The number of fused-ring (bicyclic) bond motifs is 1. The number of amides is 2. The van der Waals surface area contributed by atoms with Crippen LogP contribution >= 0.6 is 0 Å². The molecular formula is C18H26N4O3. The lowest BCUT2D eigenvalue weighted by Crippen LogP contribution is -2.57. The lowest BCUT2D eigenvalue weighted by Gasteiger charge is -2.47. The minimum atomic E-state index is -0.00576. The van der Waals surface area contributed by atoms with E-state index in [4.69, 9.17) is 10.5 Å². The zero-order valence-corrected chi connectivity index (χ0v) is 14.7. The van der Waals surface area contributed by atoms with E-state index < -0.39 is 0 Å². The number of nitrogens with zero attached hydrogens (tertiary/aromatic N) is 3. The number of rotatable bonds is 5. The fourth-order valence-electron chi connectivity index (χ4n) is 3.92. The van der Waals surface area contributed by atoms with Gasteiger partial charge in [0.1, 0.15) is 5.82 Å². The molecule has 2 saturated heterocycles. The van der Waals surface area contributed by atoms with E-state index in [0.29, 0.717) is 43.4 Å². The summed E-state index contributed by atoms with van der Waals surface area (Å²) in [6.45, 7) is 2.76. The maximum absolute atomic E-state index is 12.7. The molecule has 7 heteroatoms. The predicted molar refractivity (Wildman–Crippen MR) is 93.9 cm³/mol. The molecule has 1 aromatic heterocycles. The van der Waals surface area contributed by atoms with Crippen molar-refractivity contribution >= 4 is 17.6 Å². The number of aromatic nitrogens is 1. The lowest BCUT2D eigenvalue weighted by atomic mass is 9.83. The highest BCUT2D eigenvalue weighted by atomic mass is 16.5. The summed E-state index contributed by atoms with van der Waals surface area (Å²) in [5.74, 6) is 0.987. The summed E-state index contributed by atoms with van der Waals surface area (Å²) < 4.78 is 5.10. The van der Waals surface area contributed by atoms with Crippen LogP contribution in [0.4, 0.5) is 5.82 Å². The molecule has 2 N–H and O–H groups in total. The quantitative estimate of drug-likeness (QED) is 0.808. The van der Waals surface area contributed by atoms with Gasteiger partial charge in [0.25, 0.3) is 5.91 Å². The van der Waals surface area contributed by atoms with Crippen LogP contribution in [0.1, 0.15) is 36.0 Å². The molecule has 2 amide bonds. The number of piperidine rings is 2. The first-order valence-electron chi connectivity index (χ1n) is 8.89. The second kappa shape index (κ2) is 7.82. The third-order valence-electron chi connectivity index (χ3n) is 5.21. The molecule has 1 aromatic rings. The van der Waals surface area contributed by atoms with Crippen LogP contribution in [0.15, 0.2) is 18.3 Å². The third-order valence-corrected chi connectivity index (χ3v) is 5.21. The summed E-state index contributed by atoms with van der Waals surface area (Å²) in [4.78, 5) is 32.9. The monoisotopic (exact) mass is 346 g/mol. The highest BCUT2D eigenvalue weighted by Crippen LogP contribution is 2.32. The Morgan fingerprint density at radius 3 is 2.96 bits per heavy atom. The Morgan fingerprint density at radius 1 is 1.40 bits per heavy atom. The normalized spacial score (nSPS) is 23.5. The molecule has 0 aliphatic carbocycles. The Hall–Kier alpha value is -2.15. The number of ether oxygens (including phenoxy) is 1. The molecule has 3 rings (SSSR count). The number of hydrogen-bond acceptors (Lipinski definition) is 5. The molecule has 2 aliphatic heterocycles. The molecule has 2 atom stereocenters. The second-order valence-electron chi connectivity index (χ2n) is 6.81. The van der Waals surface area contributed by atoms with Gasteiger partial charge in [-0.2, -0.15) is 0 Å². The standard InChI is InChI=1S/C18H26N4O3/c1-25-10-2-8-22-15-7-9-21(12-14(15)4-6-17(22)23)18(24)13-3-5-16(19)20-11-13/h3,5,11,14-15H,2,4,6-10,12H2,1H3,(H2,19,20)/t14-,15+/m0/s1. The molecule has 0 radical (unpaired) electrons. The first kappa shape index (κ1) is 17.7. The van der Waals surface area contributed by atoms with Crippen LogP contribution < -0.4 is 5.73 Å². The van der Waals surface area contributed by atoms with Crippen molar-refractivity contribution in [3.05, 3.63) is 23.9 Å². The zero-order valence-electron chi connectivity index (χ0n) is 14.7. The van der Waals surface area contributed by atoms with Crippen molar-refractivity contribution in [2.75, 3.05) is 39.1 Å². The number of anilines is 1. The van der Waals surface area contributed by atoms with Crippen LogP contribution in [0.25, 0.3) is 0 Å². The van der Waals surface area contributed by atoms with E-state index in [1.165, 1.54) is 6.20 Å². The predicted octanol–water partition coefficient (Wildman–Crippen LogP) is 1.15. The van der Waals surface area contributed by atoms with Gasteiger partial charge in [0, 0.05) is 52.0 Å². The number of nitrogens with two attached hydrogens (primary N) is 1. The molecule has 0 saturated carbocycles. The van der Waals surface area contributed by atoms with E-state index >= 15 is 0 Å². The van der Waals surface area contributed by atoms with E-state index in [9.17, 15) is 9.59 Å². The van der Waals surface area contributed by atoms with Gasteiger partial charge in [-0.3, -0.25) is 9.59 Å². The highest BCUT2D eigenvalue weighted by Gasteiger charge is 2.40. The molecule has 2 aliphatic rings. The van der Waals surface area contributed by atoms with E-state index in [-0.39, 0.29) is 17.9 Å². The average molecular weight is 346 g/mol. The summed E-state index contributed by atoms with van der Waals surface area (Å²) in [5.41, 5.74) is 6.15. The molecule has 136 valence electrons. The maximum Gasteiger partial charge on any atom is 0.255 e. The first-order valence-corrected chi connectivity index (χ1v) is 8.89. The van der Waals surface area contributed by atoms with Gasteiger partial charge in [-0.15, -0.1) is 0 Å². The van der Waals surface area contributed by atoms with Gasteiger partial charge < -0.3 is 20.3 Å². The fraction of sp³-hybridized carbons (Fsp3) is 0.611. The molecule has 3 heterocycles. The van der Waals surface area contributed by atoms with Crippen molar-refractivity contribution in [2.24, 2.45) is 5.92 Å². The van der Waals surface area contributed by atoms with Crippen molar-refractivity contribution in [3.8, 4) is 0 Å². The summed E-state index contributed by atoms with van der Waals surface area (Å²) in [5, 5.41) is 0. The van der Waals surface area contributed by atoms with Crippen LogP contribution in [0.5, 0.6) is 0 Å². The Morgan fingerprint density at radius 2 is 2.24 bits per heavy atom. The van der Waals surface area contributed by atoms with Crippen molar-refractivity contribution in [1.82, 2.24) is 14.8 Å².